The van der Waals surface area contributed by atoms with Gasteiger partial charge in [-0.1, -0.05) is 20.3 Å². The van der Waals surface area contributed by atoms with E-state index in [4.69, 9.17) is 4.74 Å². The predicted molar refractivity (Wildman–Crippen MR) is 60.7 cm³/mol. The number of nitrogens with one attached hydrogen (secondary N) is 1. The van der Waals surface area contributed by atoms with Crippen LogP contribution in [0.5, 0.6) is 0 Å². The van der Waals surface area contributed by atoms with Gasteiger partial charge in [-0.3, -0.25) is 4.79 Å². The van der Waals surface area contributed by atoms with E-state index in [9.17, 15) is 4.79 Å². The Morgan fingerprint density at radius 1 is 1.60 bits per heavy atom. The first kappa shape index (κ1) is 12.5. The topological polar surface area (TPSA) is 38.3 Å². The van der Waals surface area contributed by atoms with Crippen LogP contribution in [0.15, 0.2) is 0 Å². The average molecular weight is 213 g/mol. The Labute approximate surface area is 92.6 Å². The van der Waals surface area contributed by atoms with Gasteiger partial charge in [-0.25, -0.2) is 0 Å². The van der Waals surface area contributed by atoms with E-state index < -0.39 is 5.60 Å². The maximum absolute atomic E-state index is 12.0. The zero-order valence-electron chi connectivity index (χ0n) is 10.3. The molecule has 0 aromatic heterocycles. The summed E-state index contributed by atoms with van der Waals surface area (Å²) in [6.45, 7) is 6.11. The summed E-state index contributed by atoms with van der Waals surface area (Å²) in [4.78, 5) is 12.0. The van der Waals surface area contributed by atoms with Crippen LogP contribution in [0.2, 0.25) is 0 Å². The van der Waals surface area contributed by atoms with E-state index in [0.717, 1.165) is 25.7 Å². The number of ether oxygens (including phenoxy) is 1. The summed E-state index contributed by atoms with van der Waals surface area (Å²) < 4.78 is 5.43. The fourth-order valence-electron chi connectivity index (χ4n) is 1.78. The molecule has 0 aliphatic heterocycles. The van der Waals surface area contributed by atoms with Crippen molar-refractivity contribution in [3.8, 4) is 0 Å². The van der Waals surface area contributed by atoms with E-state index in [1.54, 1.807) is 7.11 Å². The number of hydrogen-bond donors (Lipinski definition) is 1. The molecule has 0 bridgehead atoms. The molecule has 1 fully saturated rings. The average Bonchev–Trinajstić information content (AvgIpc) is 3.00. The van der Waals surface area contributed by atoms with Crippen molar-refractivity contribution < 1.29 is 9.53 Å². The summed E-state index contributed by atoms with van der Waals surface area (Å²) in [7, 11) is 1.62. The van der Waals surface area contributed by atoms with E-state index in [1.165, 1.54) is 0 Å². The minimum absolute atomic E-state index is 0.0495. The Hall–Kier alpha value is -0.570. The summed E-state index contributed by atoms with van der Waals surface area (Å²) in [6.07, 6.45) is 4.33. The Morgan fingerprint density at radius 3 is 2.60 bits per heavy atom. The zero-order valence-corrected chi connectivity index (χ0v) is 10.3. The van der Waals surface area contributed by atoms with Gasteiger partial charge in [-0.15, -0.1) is 0 Å². The highest BCUT2D eigenvalue weighted by molar-refractivity contribution is 5.85. The van der Waals surface area contributed by atoms with Gasteiger partial charge in [0.05, 0.1) is 0 Å². The number of carbonyl (C=O) groups excluding carboxylic acids is 1. The molecule has 0 aromatic rings. The van der Waals surface area contributed by atoms with Gasteiger partial charge < -0.3 is 10.1 Å². The van der Waals surface area contributed by atoms with Gasteiger partial charge in [0.2, 0.25) is 0 Å². The minimum atomic E-state index is -0.668. The van der Waals surface area contributed by atoms with E-state index in [2.05, 4.69) is 19.2 Å². The molecule has 2 atom stereocenters. The lowest BCUT2D eigenvalue weighted by molar-refractivity contribution is -0.148. The van der Waals surface area contributed by atoms with Crippen LogP contribution in [0.25, 0.3) is 0 Å². The van der Waals surface area contributed by atoms with Crippen LogP contribution in [-0.4, -0.2) is 24.7 Å². The highest BCUT2D eigenvalue weighted by Crippen LogP contribution is 2.27. The first-order valence-corrected chi connectivity index (χ1v) is 5.90. The third kappa shape index (κ3) is 2.94. The lowest BCUT2D eigenvalue weighted by Gasteiger charge is -2.32. The second-order valence-electron chi connectivity index (χ2n) is 4.75. The summed E-state index contributed by atoms with van der Waals surface area (Å²) in [5.74, 6) is 0.305. The molecule has 88 valence electrons. The molecule has 1 aliphatic carbocycles. The Kier molecular flexibility index (Phi) is 4.14. The number of amides is 1. The van der Waals surface area contributed by atoms with Crippen molar-refractivity contribution in [2.45, 2.75) is 58.1 Å². The van der Waals surface area contributed by atoms with Gasteiger partial charge in [-0.2, -0.15) is 0 Å². The molecule has 3 nitrogen and oxygen atoms in total. The molecule has 0 aromatic carbocycles. The Bertz CT molecular complexity index is 226. The van der Waals surface area contributed by atoms with Crippen molar-refractivity contribution in [3.63, 3.8) is 0 Å². The molecule has 3 heteroatoms. The van der Waals surface area contributed by atoms with Gasteiger partial charge in [0, 0.05) is 13.2 Å². The third-order valence-corrected chi connectivity index (χ3v) is 3.45. The summed E-state index contributed by atoms with van der Waals surface area (Å²) in [5, 5.41) is 3.02. The number of rotatable bonds is 6. The highest BCUT2D eigenvalue weighted by Gasteiger charge is 2.40. The van der Waals surface area contributed by atoms with Crippen molar-refractivity contribution in [1.29, 1.82) is 0 Å². The van der Waals surface area contributed by atoms with E-state index >= 15 is 0 Å². The van der Waals surface area contributed by atoms with Crippen molar-refractivity contribution in [2.75, 3.05) is 7.11 Å². The molecular formula is C12H23NO2. The van der Waals surface area contributed by atoms with Crippen LogP contribution in [-0.2, 0) is 9.53 Å². The smallest absolute Gasteiger partial charge is 0.252 e. The quantitative estimate of drug-likeness (QED) is 0.734. The van der Waals surface area contributed by atoms with Crippen LogP contribution >= 0.6 is 0 Å². The summed E-state index contributed by atoms with van der Waals surface area (Å²) in [6, 6.07) is 0.404. The molecule has 1 unspecified atom stereocenters. The van der Waals surface area contributed by atoms with Crippen LogP contribution in [0.4, 0.5) is 0 Å². The van der Waals surface area contributed by atoms with Gasteiger partial charge in [0.1, 0.15) is 5.60 Å². The standard InChI is InChI=1S/C12H23NO2/c1-5-6-9(2)12(3,15-4)11(14)13-10-7-8-10/h9-10H,5-8H2,1-4H3,(H,13,14)/t9-,12?/m0/s1. The van der Waals surface area contributed by atoms with Crippen LogP contribution < -0.4 is 5.32 Å². The van der Waals surface area contributed by atoms with Gasteiger partial charge in [-0.05, 0) is 32.1 Å². The summed E-state index contributed by atoms with van der Waals surface area (Å²) >= 11 is 0. The molecule has 0 radical (unpaired) electrons. The Balaban J connectivity index is 2.58. The van der Waals surface area contributed by atoms with Gasteiger partial charge in [0.25, 0.3) is 5.91 Å². The maximum Gasteiger partial charge on any atom is 0.252 e. The van der Waals surface area contributed by atoms with Crippen molar-refractivity contribution in [3.05, 3.63) is 0 Å². The minimum Gasteiger partial charge on any atom is -0.368 e. The maximum atomic E-state index is 12.0. The molecule has 0 saturated heterocycles. The lowest BCUT2D eigenvalue weighted by atomic mass is 9.86. The lowest BCUT2D eigenvalue weighted by Crippen LogP contribution is -2.51. The van der Waals surface area contributed by atoms with Crippen molar-refractivity contribution in [1.82, 2.24) is 5.32 Å². The van der Waals surface area contributed by atoms with Crippen molar-refractivity contribution in [2.24, 2.45) is 5.92 Å². The summed E-state index contributed by atoms with van der Waals surface area (Å²) in [5.41, 5.74) is -0.668. The molecule has 15 heavy (non-hydrogen) atoms. The van der Waals surface area contributed by atoms with Gasteiger partial charge >= 0.3 is 0 Å². The van der Waals surface area contributed by atoms with E-state index in [-0.39, 0.29) is 11.8 Å². The van der Waals surface area contributed by atoms with E-state index in [0.29, 0.717) is 6.04 Å². The molecule has 1 N–H and O–H groups in total. The zero-order chi connectivity index (χ0) is 11.5. The second kappa shape index (κ2) is 4.97. The Morgan fingerprint density at radius 2 is 2.20 bits per heavy atom. The van der Waals surface area contributed by atoms with Crippen LogP contribution in [0.3, 0.4) is 0 Å². The molecular weight excluding hydrogens is 190 g/mol. The van der Waals surface area contributed by atoms with Crippen LogP contribution in [0.1, 0.15) is 46.5 Å². The first-order chi connectivity index (χ1) is 7.04. The largest absolute Gasteiger partial charge is 0.368 e. The molecule has 1 amide bonds. The number of hydrogen-bond acceptors (Lipinski definition) is 2. The molecule has 0 heterocycles. The second-order valence-corrected chi connectivity index (χ2v) is 4.75. The van der Waals surface area contributed by atoms with Gasteiger partial charge in [0.15, 0.2) is 0 Å². The van der Waals surface area contributed by atoms with Crippen molar-refractivity contribution >= 4 is 5.91 Å². The molecule has 1 rings (SSSR count). The van der Waals surface area contributed by atoms with Crippen LogP contribution in [0, 0.1) is 5.92 Å². The molecule has 1 aliphatic rings. The highest BCUT2D eigenvalue weighted by atomic mass is 16.5. The monoisotopic (exact) mass is 213 g/mol. The first-order valence-electron chi connectivity index (χ1n) is 5.90. The normalized spacial score (nSPS) is 21.9. The fraction of sp³-hybridized carbons (Fsp3) is 0.917. The molecule has 1 saturated carbocycles. The predicted octanol–water partition coefficient (Wildman–Crippen LogP) is 2.11. The number of carbonyl (C=O) groups is 1. The van der Waals surface area contributed by atoms with E-state index in [1.807, 2.05) is 6.92 Å². The SMILES string of the molecule is CCC[C@H](C)C(C)(OC)C(=O)NC1CC1. The number of methoxy groups -OCH3 is 1. The molecule has 0 spiro atoms. The third-order valence-electron chi connectivity index (χ3n) is 3.45. The fourth-order valence-corrected chi connectivity index (χ4v) is 1.78.